The van der Waals surface area contributed by atoms with Gasteiger partial charge in [-0.1, -0.05) is 42.2 Å². The number of aryl methyl sites for hydroxylation is 2. The summed E-state index contributed by atoms with van der Waals surface area (Å²) in [4.78, 5) is 27.1. The van der Waals surface area contributed by atoms with Crippen LogP contribution in [0.5, 0.6) is 5.75 Å². The highest BCUT2D eigenvalue weighted by Crippen LogP contribution is 2.39. The monoisotopic (exact) mass is 411 g/mol. The van der Waals surface area contributed by atoms with Crippen molar-refractivity contribution in [2.45, 2.75) is 0 Å². The van der Waals surface area contributed by atoms with E-state index >= 15 is 0 Å². The lowest BCUT2D eigenvalue weighted by Crippen LogP contribution is -2.27. The van der Waals surface area contributed by atoms with Crippen LogP contribution in [0.15, 0.2) is 52.2 Å². The van der Waals surface area contributed by atoms with E-state index in [4.69, 9.17) is 17.0 Å². The fraction of sp³-hybridized carbons (Fsp3) is 0.150. The van der Waals surface area contributed by atoms with Crippen molar-refractivity contribution in [3.63, 3.8) is 0 Å². The van der Waals surface area contributed by atoms with Crippen molar-refractivity contribution < 1.29 is 9.53 Å². The molecule has 6 nitrogen and oxygen atoms in total. The Morgan fingerprint density at radius 1 is 1.04 bits per heavy atom. The second kappa shape index (κ2) is 6.96. The number of thioether (sulfide) groups is 1. The summed E-state index contributed by atoms with van der Waals surface area (Å²) in [5.74, 6) is 0.391. The lowest BCUT2D eigenvalue weighted by Gasteiger charge is -2.17. The Labute approximate surface area is 171 Å². The number of imidazole rings is 1. The molecular weight excluding hydrogens is 394 g/mol. The Hall–Kier alpha value is -2.84. The number of carbonyl (C=O) groups is 1. The summed E-state index contributed by atoms with van der Waals surface area (Å²) in [5.41, 5.74) is 3.01. The van der Waals surface area contributed by atoms with Crippen LogP contribution in [0.25, 0.3) is 17.1 Å². The van der Waals surface area contributed by atoms with Gasteiger partial charge in [0.1, 0.15) is 5.75 Å². The van der Waals surface area contributed by atoms with E-state index in [-0.39, 0.29) is 11.6 Å². The van der Waals surface area contributed by atoms with Gasteiger partial charge in [0.05, 0.1) is 28.7 Å². The molecule has 142 valence electrons. The Kier molecular flexibility index (Phi) is 4.60. The standard InChI is InChI=1S/C20H17N3O3S2/c1-21-13-9-8-12(10-15(13)22(2)19(21)25)11-17-18(24)23(20(27)28-17)14-6-4-5-7-16(14)26-3/h4-11H,1-3H3/b17-11+. The van der Waals surface area contributed by atoms with Crippen molar-refractivity contribution in [2.24, 2.45) is 14.1 Å². The van der Waals surface area contributed by atoms with Gasteiger partial charge < -0.3 is 4.74 Å². The van der Waals surface area contributed by atoms with Crippen LogP contribution >= 0.6 is 24.0 Å². The van der Waals surface area contributed by atoms with Gasteiger partial charge in [-0.15, -0.1) is 0 Å². The summed E-state index contributed by atoms with van der Waals surface area (Å²) in [6, 6.07) is 12.9. The predicted octanol–water partition coefficient (Wildman–Crippen LogP) is 3.29. The molecule has 0 N–H and O–H groups in total. The molecule has 1 aromatic heterocycles. The van der Waals surface area contributed by atoms with Crippen molar-refractivity contribution in [2.75, 3.05) is 12.0 Å². The molecule has 2 aromatic carbocycles. The molecular formula is C20H17N3O3S2. The molecule has 0 unspecified atom stereocenters. The minimum atomic E-state index is -0.193. The number of rotatable bonds is 3. The van der Waals surface area contributed by atoms with Gasteiger partial charge in [0.15, 0.2) is 4.32 Å². The maximum Gasteiger partial charge on any atom is 0.328 e. The fourth-order valence-corrected chi connectivity index (χ4v) is 4.54. The normalized spacial score (nSPS) is 15.8. The SMILES string of the molecule is COc1ccccc1N1C(=O)/C(=C\c2ccc3c(c2)n(C)c(=O)n3C)SC1=S. The smallest absolute Gasteiger partial charge is 0.328 e. The summed E-state index contributed by atoms with van der Waals surface area (Å²) in [6.07, 6.45) is 1.80. The molecule has 1 fully saturated rings. The molecule has 1 aliphatic heterocycles. The minimum absolute atomic E-state index is 0.0883. The third kappa shape index (κ3) is 2.85. The Balaban J connectivity index is 1.74. The number of carbonyl (C=O) groups excluding carboxylic acids is 1. The molecule has 8 heteroatoms. The highest BCUT2D eigenvalue weighted by atomic mass is 32.2. The van der Waals surface area contributed by atoms with Gasteiger partial charge >= 0.3 is 5.69 Å². The van der Waals surface area contributed by atoms with Gasteiger partial charge in [0, 0.05) is 14.1 Å². The summed E-state index contributed by atoms with van der Waals surface area (Å²) in [6.45, 7) is 0. The molecule has 0 saturated carbocycles. The van der Waals surface area contributed by atoms with E-state index in [9.17, 15) is 9.59 Å². The van der Waals surface area contributed by atoms with Crippen LogP contribution in [-0.2, 0) is 18.9 Å². The second-order valence-corrected chi connectivity index (χ2v) is 8.01. The van der Waals surface area contributed by atoms with E-state index in [1.54, 1.807) is 48.5 Å². The zero-order valence-corrected chi connectivity index (χ0v) is 17.1. The first kappa shape index (κ1) is 18.5. The molecule has 1 amide bonds. The number of methoxy groups -OCH3 is 1. The Morgan fingerprint density at radius 3 is 2.50 bits per heavy atom. The van der Waals surface area contributed by atoms with Gasteiger partial charge in [-0.3, -0.25) is 18.8 Å². The van der Waals surface area contributed by atoms with Gasteiger partial charge in [0.2, 0.25) is 0 Å². The topological polar surface area (TPSA) is 56.5 Å². The van der Waals surface area contributed by atoms with Crippen LogP contribution in [-0.4, -0.2) is 26.5 Å². The first-order chi connectivity index (χ1) is 13.4. The van der Waals surface area contributed by atoms with Crippen LogP contribution in [0.2, 0.25) is 0 Å². The van der Waals surface area contributed by atoms with Crippen LogP contribution in [0.1, 0.15) is 5.56 Å². The number of fused-ring (bicyclic) bond motifs is 1. The number of para-hydroxylation sites is 2. The van der Waals surface area contributed by atoms with E-state index in [2.05, 4.69) is 0 Å². The van der Waals surface area contributed by atoms with E-state index in [1.807, 2.05) is 30.3 Å². The van der Waals surface area contributed by atoms with Gasteiger partial charge in [-0.05, 0) is 35.9 Å². The quantitative estimate of drug-likeness (QED) is 0.489. The average Bonchev–Trinajstić information content (AvgIpc) is 3.09. The highest BCUT2D eigenvalue weighted by Gasteiger charge is 2.34. The van der Waals surface area contributed by atoms with Gasteiger partial charge in [0.25, 0.3) is 5.91 Å². The number of hydrogen-bond acceptors (Lipinski definition) is 5. The van der Waals surface area contributed by atoms with Crippen molar-refractivity contribution in [1.29, 1.82) is 0 Å². The second-order valence-electron chi connectivity index (χ2n) is 6.34. The summed E-state index contributed by atoms with van der Waals surface area (Å²) >= 11 is 6.69. The lowest BCUT2D eigenvalue weighted by molar-refractivity contribution is -0.113. The van der Waals surface area contributed by atoms with Crippen molar-refractivity contribution in [3.8, 4) is 5.75 Å². The zero-order chi connectivity index (χ0) is 20.0. The number of anilines is 1. The minimum Gasteiger partial charge on any atom is -0.495 e. The number of nitrogens with zero attached hydrogens (tertiary/aromatic N) is 3. The molecule has 1 aliphatic rings. The first-order valence-electron chi connectivity index (χ1n) is 8.49. The Bertz CT molecular complexity index is 1220. The maximum atomic E-state index is 13.0. The molecule has 28 heavy (non-hydrogen) atoms. The van der Waals surface area contributed by atoms with Crippen LogP contribution in [0, 0.1) is 0 Å². The van der Waals surface area contributed by atoms with Crippen LogP contribution < -0.4 is 15.3 Å². The first-order valence-corrected chi connectivity index (χ1v) is 9.71. The lowest BCUT2D eigenvalue weighted by atomic mass is 10.1. The van der Waals surface area contributed by atoms with Crippen molar-refractivity contribution in [3.05, 3.63) is 63.4 Å². The fourth-order valence-electron chi connectivity index (χ4n) is 3.25. The molecule has 0 atom stereocenters. The number of thiocarbonyl (C=S) groups is 1. The molecule has 3 aromatic rings. The van der Waals surface area contributed by atoms with Crippen LogP contribution in [0.4, 0.5) is 5.69 Å². The van der Waals surface area contributed by atoms with E-state index in [0.717, 1.165) is 16.6 Å². The van der Waals surface area contributed by atoms with Gasteiger partial charge in [-0.25, -0.2) is 4.79 Å². The Morgan fingerprint density at radius 2 is 1.75 bits per heavy atom. The van der Waals surface area contributed by atoms with Crippen molar-refractivity contribution in [1.82, 2.24) is 9.13 Å². The molecule has 0 radical (unpaired) electrons. The largest absolute Gasteiger partial charge is 0.495 e. The average molecular weight is 412 g/mol. The number of aromatic nitrogens is 2. The highest BCUT2D eigenvalue weighted by molar-refractivity contribution is 8.27. The molecule has 1 saturated heterocycles. The van der Waals surface area contributed by atoms with Crippen LogP contribution in [0.3, 0.4) is 0 Å². The molecule has 2 heterocycles. The van der Waals surface area contributed by atoms with E-state index < -0.39 is 0 Å². The molecule has 4 rings (SSSR count). The molecule has 0 spiro atoms. The van der Waals surface area contributed by atoms with E-state index in [1.165, 1.54) is 16.7 Å². The molecule has 0 aliphatic carbocycles. The summed E-state index contributed by atoms with van der Waals surface area (Å²) in [7, 11) is 5.03. The number of hydrogen-bond donors (Lipinski definition) is 0. The number of benzene rings is 2. The number of amides is 1. The third-order valence-corrected chi connectivity index (χ3v) is 6.02. The summed E-state index contributed by atoms with van der Waals surface area (Å²) in [5, 5.41) is 0. The zero-order valence-electron chi connectivity index (χ0n) is 15.5. The third-order valence-electron chi connectivity index (χ3n) is 4.71. The maximum absolute atomic E-state index is 13.0. The van der Waals surface area contributed by atoms with Gasteiger partial charge in [-0.2, -0.15) is 0 Å². The van der Waals surface area contributed by atoms with Crippen molar-refractivity contribution >= 4 is 57.0 Å². The number of ether oxygens (including phenoxy) is 1. The summed E-state index contributed by atoms with van der Waals surface area (Å²) < 4.78 is 9.01. The predicted molar refractivity (Wildman–Crippen MR) is 117 cm³/mol. The van der Waals surface area contributed by atoms with E-state index in [0.29, 0.717) is 20.7 Å². The molecule has 0 bridgehead atoms.